The zero-order chi connectivity index (χ0) is 20.4. The van der Waals surface area contributed by atoms with Gasteiger partial charge in [-0.3, -0.25) is 9.59 Å². The van der Waals surface area contributed by atoms with E-state index in [9.17, 15) is 9.59 Å². The predicted octanol–water partition coefficient (Wildman–Crippen LogP) is 4.13. The summed E-state index contributed by atoms with van der Waals surface area (Å²) in [5.41, 5.74) is 2.69. The van der Waals surface area contributed by atoms with Crippen LogP contribution in [0.2, 0.25) is 0 Å². The maximum absolute atomic E-state index is 13.1. The largest absolute Gasteiger partial charge is 0.495 e. The van der Waals surface area contributed by atoms with Crippen LogP contribution >= 0.6 is 0 Å². The van der Waals surface area contributed by atoms with Crippen LogP contribution in [0.25, 0.3) is 0 Å². The number of ether oxygens (including phenoxy) is 1. The fourth-order valence-electron chi connectivity index (χ4n) is 4.38. The number of carbonyl (C=O) groups is 2. The van der Waals surface area contributed by atoms with Crippen LogP contribution in [0.15, 0.2) is 42.5 Å². The van der Waals surface area contributed by atoms with Gasteiger partial charge in [0.2, 0.25) is 0 Å². The number of hydrogen-bond acceptors (Lipinski definition) is 4. The summed E-state index contributed by atoms with van der Waals surface area (Å²) in [4.78, 5) is 30.3. The second-order valence-electron chi connectivity index (χ2n) is 7.50. The van der Waals surface area contributed by atoms with Crippen LogP contribution in [0.3, 0.4) is 0 Å². The first-order valence-corrected chi connectivity index (χ1v) is 10.3. The normalized spacial score (nSPS) is 18.6. The Morgan fingerprint density at radius 2 is 2.00 bits per heavy atom. The monoisotopic (exact) mass is 393 g/mol. The maximum Gasteiger partial charge on any atom is 0.257 e. The predicted molar refractivity (Wildman–Crippen MR) is 114 cm³/mol. The molecular formula is C23H27N3O3. The highest BCUT2D eigenvalue weighted by Gasteiger charge is 2.37. The third-order valence-electron chi connectivity index (χ3n) is 5.84. The number of amides is 2. The van der Waals surface area contributed by atoms with Crippen molar-refractivity contribution in [1.82, 2.24) is 4.90 Å². The molecule has 0 radical (unpaired) electrons. The number of rotatable bonds is 4. The molecule has 1 N–H and O–H groups in total. The molecule has 0 aliphatic carbocycles. The first-order chi connectivity index (χ1) is 14.1. The minimum Gasteiger partial charge on any atom is -0.495 e. The number of anilines is 2. The summed E-state index contributed by atoms with van der Waals surface area (Å²) in [5.74, 6) is 0.468. The first-order valence-electron chi connectivity index (χ1n) is 10.3. The lowest BCUT2D eigenvalue weighted by Gasteiger charge is -2.44. The van der Waals surface area contributed by atoms with Crippen molar-refractivity contribution in [2.24, 2.45) is 0 Å². The molecule has 29 heavy (non-hydrogen) atoms. The van der Waals surface area contributed by atoms with E-state index in [-0.39, 0.29) is 18.0 Å². The summed E-state index contributed by atoms with van der Waals surface area (Å²) in [6.07, 6.45) is 4.37. The number of nitrogens with one attached hydrogen (secondary N) is 1. The summed E-state index contributed by atoms with van der Waals surface area (Å²) < 4.78 is 5.32. The molecule has 6 heteroatoms. The first kappa shape index (κ1) is 19.3. The second kappa shape index (κ2) is 8.15. The molecule has 2 aliphatic heterocycles. The van der Waals surface area contributed by atoms with E-state index in [1.807, 2.05) is 23.1 Å². The molecule has 1 atom stereocenters. The average Bonchev–Trinajstić information content (AvgIpc) is 3.00. The molecule has 2 aliphatic rings. The molecule has 2 amide bonds. The van der Waals surface area contributed by atoms with Gasteiger partial charge in [-0.1, -0.05) is 18.6 Å². The molecule has 1 unspecified atom stereocenters. The fourth-order valence-corrected chi connectivity index (χ4v) is 4.38. The van der Waals surface area contributed by atoms with Gasteiger partial charge in [-0.2, -0.15) is 0 Å². The molecule has 1 saturated heterocycles. The van der Waals surface area contributed by atoms with Crippen LogP contribution in [-0.4, -0.2) is 43.1 Å². The van der Waals surface area contributed by atoms with E-state index < -0.39 is 0 Å². The SMILES string of the molecule is CCN1c2cc(C(=O)Nc3ccccc3OC)ccc2C(=O)N2CCCCCC21. The Kier molecular flexibility index (Phi) is 5.43. The molecule has 2 heterocycles. The molecule has 2 aromatic rings. The van der Waals surface area contributed by atoms with Gasteiger partial charge in [0.25, 0.3) is 11.8 Å². The van der Waals surface area contributed by atoms with Gasteiger partial charge in [0.15, 0.2) is 0 Å². The van der Waals surface area contributed by atoms with Gasteiger partial charge in [-0.15, -0.1) is 0 Å². The van der Waals surface area contributed by atoms with Gasteiger partial charge >= 0.3 is 0 Å². The van der Waals surface area contributed by atoms with Gasteiger partial charge in [0.05, 0.1) is 24.0 Å². The standard InChI is InChI=1S/C23H27N3O3/c1-3-25-19-15-16(22(27)24-18-9-6-7-10-20(18)29-2)12-13-17(19)23(28)26-14-8-4-5-11-21(25)26/h6-7,9-10,12-13,15,21H,3-5,8,11,14H2,1-2H3,(H,24,27). The highest BCUT2D eigenvalue weighted by atomic mass is 16.5. The Morgan fingerprint density at radius 3 is 2.79 bits per heavy atom. The summed E-state index contributed by atoms with van der Waals surface area (Å²) in [7, 11) is 1.58. The Bertz CT molecular complexity index is 927. The van der Waals surface area contributed by atoms with Gasteiger partial charge in [-0.05, 0) is 56.5 Å². The average molecular weight is 393 g/mol. The Hall–Kier alpha value is -3.02. The lowest BCUT2D eigenvalue weighted by atomic mass is 10.0. The molecule has 0 saturated carbocycles. The van der Waals surface area contributed by atoms with E-state index in [2.05, 4.69) is 17.1 Å². The molecule has 1 fully saturated rings. The number of methoxy groups -OCH3 is 1. The van der Waals surface area contributed by atoms with Crippen molar-refractivity contribution in [3.05, 3.63) is 53.6 Å². The number of fused-ring (bicyclic) bond motifs is 2. The minimum absolute atomic E-state index is 0.0771. The van der Waals surface area contributed by atoms with Crippen molar-refractivity contribution in [3.8, 4) is 5.75 Å². The van der Waals surface area contributed by atoms with Crippen LogP contribution in [0.4, 0.5) is 11.4 Å². The van der Waals surface area contributed by atoms with Crippen molar-refractivity contribution in [1.29, 1.82) is 0 Å². The van der Waals surface area contributed by atoms with Gasteiger partial charge in [-0.25, -0.2) is 0 Å². The van der Waals surface area contributed by atoms with E-state index in [1.165, 1.54) is 0 Å². The molecule has 4 rings (SSSR count). The van der Waals surface area contributed by atoms with Crippen LogP contribution in [-0.2, 0) is 0 Å². The van der Waals surface area contributed by atoms with Crippen LogP contribution in [0, 0.1) is 0 Å². The van der Waals surface area contributed by atoms with E-state index in [4.69, 9.17) is 4.74 Å². The maximum atomic E-state index is 13.1. The molecule has 0 aromatic heterocycles. The third-order valence-corrected chi connectivity index (χ3v) is 5.84. The highest BCUT2D eigenvalue weighted by Crippen LogP contribution is 2.35. The molecule has 2 aromatic carbocycles. The summed E-state index contributed by atoms with van der Waals surface area (Å²) in [6.45, 7) is 3.69. The number of hydrogen-bond donors (Lipinski definition) is 1. The van der Waals surface area contributed by atoms with Crippen LogP contribution in [0.5, 0.6) is 5.75 Å². The minimum atomic E-state index is -0.218. The van der Waals surface area contributed by atoms with Crippen molar-refractivity contribution in [2.45, 2.75) is 38.8 Å². The van der Waals surface area contributed by atoms with Gasteiger partial charge in [0, 0.05) is 18.7 Å². The fraction of sp³-hybridized carbons (Fsp3) is 0.391. The molecule has 152 valence electrons. The Labute approximate surface area is 171 Å². The van der Waals surface area contributed by atoms with Crippen molar-refractivity contribution in [2.75, 3.05) is 30.4 Å². The van der Waals surface area contributed by atoms with Crippen LogP contribution < -0.4 is 15.0 Å². The second-order valence-corrected chi connectivity index (χ2v) is 7.50. The number of carbonyl (C=O) groups excluding carboxylic acids is 2. The van der Waals surface area contributed by atoms with E-state index in [0.29, 0.717) is 22.6 Å². The number of nitrogens with zero attached hydrogens (tertiary/aromatic N) is 2. The lowest BCUT2D eigenvalue weighted by Crippen LogP contribution is -2.55. The van der Waals surface area contributed by atoms with E-state index in [0.717, 1.165) is 44.5 Å². The van der Waals surface area contributed by atoms with Gasteiger partial charge in [0.1, 0.15) is 11.9 Å². The van der Waals surface area contributed by atoms with E-state index >= 15 is 0 Å². The summed E-state index contributed by atoms with van der Waals surface area (Å²) in [5, 5.41) is 2.92. The third kappa shape index (κ3) is 3.55. The van der Waals surface area contributed by atoms with Crippen molar-refractivity contribution >= 4 is 23.2 Å². The molecular weight excluding hydrogens is 366 g/mol. The van der Waals surface area contributed by atoms with Gasteiger partial charge < -0.3 is 19.9 Å². The topological polar surface area (TPSA) is 61.9 Å². The zero-order valence-electron chi connectivity index (χ0n) is 17.0. The Morgan fingerprint density at radius 1 is 1.17 bits per heavy atom. The van der Waals surface area contributed by atoms with Crippen molar-refractivity contribution < 1.29 is 14.3 Å². The quantitative estimate of drug-likeness (QED) is 0.848. The number of para-hydroxylation sites is 2. The zero-order valence-corrected chi connectivity index (χ0v) is 17.0. The number of benzene rings is 2. The molecule has 6 nitrogen and oxygen atoms in total. The lowest BCUT2D eigenvalue weighted by molar-refractivity contribution is 0.0656. The molecule has 0 bridgehead atoms. The van der Waals surface area contributed by atoms with Crippen LogP contribution in [0.1, 0.15) is 53.3 Å². The van der Waals surface area contributed by atoms with Crippen molar-refractivity contribution in [3.63, 3.8) is 0 Å². The Balaban J connectivity index is 1.66. The van der Waals surface area contributed by atoms with E-state index in [1.54, 1.807) is 31.4 Å². The summed E-state index contributed by atoms with van der Waals surface area (Å²) >= 11 is 0. The molecule has 0 spiro atoms. The summed E-state index contributed by atoms with van der Waals surface area (Å²) in [6, 6.07) is 12.7. The smallest absolute Gasteiger partial charge is 0.257 e. The highest BCUT2D eigenvalue weighted by molar-refractivity contribution is 6.08.